The molecule has 1 N–H and O–H groups in total. The Balaban J connectivity index is 1.77. The summed E-state index contributed by atoms with van der Waals surface area (Å²) >= 11 is 4.08. The summed E-state index contributed by atoms with van der Waals surface area (Å²) in [5.74, 6) is -0.967. The molecule has 1 aliphatic heterocycles. The molecule has 0 bridgehead atoms. The van der Waals surface area contributed by atoms with Crippen LogP contribution in [0.3, 0.4) is 0 Å². The van der Waals surface area contributed by atoms with Gasteiger partial charge in [-0.2, -0.15) is 0 Å². The Morgan fingerprint density at radius 1 is 1.23 bits per heavy atom. The molecule has 0 atom stereocenters. The fourth-order valence-electron chi connectivity index (χ4n) is 2.70. The molecule has 1 fully saturated rings. The summed E-state index contributed by atoms with van der Waals surface area (Å²) < 4.78 is 24.8. The summed E-state index contributed by atoms with van der Waals surface area (Å²) in [5, 5.41) is 1.76. The number of halogens is 2. The minimum Gasteiger partial charge on any atom is -0.493 e. The molecule has 0 spiro atoms. The molecular weight excluding hydrogens is 479 g/mol. The minimum atomic E-state index is -0.683. The predicted octanol–water partition coefficient (Wildman–Crippen LogP) is 4.28. The first-order chi connectivity index (χ1) is 14.3. The molecule has 3 amide bonds. The smallest absolute Gasteiger partial charge is 0.294 e. The highest BCUT2D eigenvalue weighted by atomic mass is 79.9. The highest BCUT2D eigenvalue weighted by molar-refractivity contribution is 9.10. The van der Waals surface area contributed by atoms with Crippen LogP contribution in [-0.2, 0) is 9.59 Å². The number of imide groups is 1. The maximum atomic E-state index is 13.7. The van der Waals surface area contributed by atoms with E-state index in [-0.39, 0.29) is 10.6 Å². The number of carbonyl (C=O) groups excluding carboxylic acids is 3. The molecule has 30 heavy (non-hydrogen) atoms. The van der Waals surface area contributed by atoms with Crippen molar-refractivity contribution in [2.24, 2.45) is 0 Å². The number of hydrogen-bond acceptors (Lipinski definition) is 6. The van der Waals surface area contributed by atoms with Crippen molar-refractivity contribution in [3.8, 4) is 11.5 Å². The molecule has 10 heteroatoms. The van der Waals surface area contributed by atoms with E-state index in [9.17, 15) is 18.8 Å². The molecule has 1 saturated heterocycles. The van der Waals surface area contributed by atoms with E-state index in [0.717, 1.165) is 4.90 Å². The largest absolute Gasteiger partial charge is 0.493 e. The Bertz CT molecular complexity index is 1060. The second kappa shape index (κ2) is 9.31. The van der Waals surface area contributed by atoms with Gasteiger partial charge in [0.25, 0.3) is 11.1 Å². The highest BCUT2D eigenvalue weighted by Crippen LogP contribution is 2.38. The number of rotatable bonds is 6. The monoisotopic (exact) mass is 494 g/mol. The number of ether oxygens (including phenoxy) is 2. The van der Waals surface area contributed by atoms with Gasteiger partial charge in [-0.1, -0.05) is 12.1 Å². The van der Waals surface area contributed by atoms with Crippen molar-refractivity contribution in [3.63, 3.8) is 0 Å². The van der Waals surface area contributed by atoms with Gasteiger partial charge < -0.3 is 14.8 Å². The zero-order chi connectivity index (χ0) is 21.8. The maximum Gasteiger partial charge on any atom is 0.294 e. The summed E-state index contributed by atoms with van der Waals surface area (Å²) in [6, 6.07) is 8.99. The minimum absolute atomic E-state index is 0.0276. The van der Waals surface area contributed by atoms with Gasteiger partial charge in [0, 0.05) is 0 Å². The summed E-state index contributed by atoms with van der Waals surface area (Å²) in [7, 11) is 2.98. The van der Waals surface area contributed by atoms with Gasteiger partial charge >= 0.3 is 0 Å². The van der Waals surface area contributed by atoms with Crippen molar-refractivity contribution in [1.82, 2.24) is 4.90 Å². The first-order valence-corrected chi connectivity index (χ1v) is 10.2. The fraction of sp³-hybridized carbons (Fsp3) is 0.150. The number of thioether (sulfide) groups is 1. The molecule has 0 saturated carbocycles. The van der Waals surface area contributed by atoms with E-state index in [2.05, 4.69) is 21.2 Å². The van der Waals surface area contributed by atoms with Crippen LogP contribution in [0.5, 0.6) is 11.5 Å². The van der Waals surface area contributed by atoms with E-state index < -0.39 is 29.4 Å². The first-order valence-electron chi connectivity index (χ1n) is 8.55. The number of carbonyl (C=O) groups is 3. The van der Waals surface area contributed by atoms with Crippen molar-refractivity contribution in [2.75, 3.05) is 26.1 Å². The van der Waals surface area contributed by atoms with Crippen molar-refractivity contribution in [3.05, 3.63) is 57.2 Å². The van der Waals surface area contributed by atoms with Crippen LogP contribution in [-0.4, -0.2) is 42.7 Å². The second-order valence-corrected chi connectivity index (χ2v) is 7.88. The van der Waals surface area contributed by atoms with E-state index in [1.807, 2.05) is 0 Å². The Morgan fingerprint density at radius 3 is 2.63 bits per heavy atom. The average Bonchev–Trinajstić information content (AvgIpc) is 2.96. The molecule has 1 heterocycles. The zero-order valence-corrected chi connectivity index (χ0v) is 18.3. The SMILES string of the molecule is COc1cc(C=C2SC(=O)N(CC(=O)Nc3ccccc3F)C2=O)cc(Br)c1OC. The molecule has 1 aliphatic rings. The van der Waals surface area contributed by atoms with Crippen LogP contribution in [0.2, 0.25) is 0 Å². The van der Waals surface area contributed by atoms with Crippen molar-refractivity contribution < 1.29 is 28.2 Å². The zero-order valence-electron chi connectivity index (χ0n) is 15.9. The molecule has 156 valence electrons. The van der Waals surface area contributed by atoms with E-state index in [4.69, 9.17) is 9.47 Å². The molecule has 0 aromatic heterocycles. The third-order valence-corrected chi connectivity index (χ3v) is 5.57. The van der Waals surface area contributed by atoms with Crippen LogP contribution < -0.4 is 14.8 Å². The van der Waals surface area contributed by atoms with Gasteiger partial charge in [0.05, 0.1) is 29.3 Å². The summed E-state index contributed by atoms with van der Waals surface area (Å²) in [6.45, 7) is -0.522. The van der Waals surface area contributed by atoms with Crippen molar-refractivity contribution in [2.45, 2.75) is 0 Å². The number of benzene rings is 2. The predicted molar refractivity (Wildman–Crippen MR) is 115 cm³/mol. The van der Waals surface area contributed by atoms with Crippen LogP contribution in [0, 0.1) is 5.82 Å². The molecule has 2 aromatic rings. The quantitative estimate of drug-likeness (QED) is 0.603. The van der Waals surface area contributed by atoms with Crippen LogP contribution in [0.25, 0.3) is 6.08 Å². The van der Waals surface area contributed by atoms with Gasteiger partial charge in [-0.15, -0.1) is 0 Å². The summed E-state index contributed by atoms with van der Waals surface area (Å²) in [5.41, 5.74) is 0.570. The van der Waals surface area contributed by atoms with Gasteiger partial charge in [-0.25, -0.2) is 4.39 Å². The lowest BCUT2D eigenvalue weighted by Gasteiger charge is -2.13. The van der Waals surface area contributed by atoms with E-state index in [1.165, 1.54) is 38.5 Å². The van der Waals surface area contributed by atoms with E-state index >= 15 is 0 Å². The van der Waals surface area contributed by atoms with Crippen molar-refractivity contribution in [1.29, 1.82) is 0 Å². The topological polar surface area (TPSA) is 84.9 Å². The molecule has 0 aliphatic carbocycles. The molecule has 3 rings (SSSR count). The lowest BCUT2D eigenvalue weighted by Crippen LogP contribution is -2.36. The third-order valence-electron chi connectivity index (χ3n) is 4.08. The van der Waals surface area contributed by atoms with Crippen molar-refractivity contribution >= 4 is 56.5 Å². The van der Waals surface area contributed by atoms with Gasteiger partial charge in [-0.05, 0) is 63.6 Å². The Kier molecular flexibility index (Phi) is 6.78. The average molecular weight is 495 g/mol. The van der Waals surface area contributed by atoms with E-state index in [1.54, 1.807) is 18.2 Å². The Morgan fingerprint density at radius 2 is 1.97 bits per heavy atom. The molecular formula is C20H16BrFN2O5S. The standard InChI is InChI=1S/C20H16BrFN2O5S/c1-28-15-8-11(7-12(21)18(15)29-2)9-16-19(26)24(20(27)30-16)10-17(25)23-14-6-4-3-5-13(14)22/h3-9H,10H2,1-2H3,(H,23,25). The molecule has 0 radical (unpaired) electrons. The molecule has 0 unspecified atom stereocenters. The number of anilines is 1. The molecule has 2 aromatic carbocycles. The second-order valence-electron chi connectivity index (χ2n) is 6.03. The van der Waals surface area contributed by atoms with Gasteiger partial charge in [0.2, 0.25) is 5.91 Å². The summed E-state index contributed by atoms with van der Waals surface area (Å²) in [6.07, 6.45) is 1.52. The number of amides is 3. The number of nitrogens with zero attached hydrogens (tertiary/aromatic N) is 1. The van der Waals surface area contributed by atoms with Crippen LogP contribution in [0.1, 0.15) is 5.56 Å². The number of hydrogen-bond donors (Lipinski definition) is 1. The molecule has 7 nitrogen and oxygen atoms in total. The fourth-order valence-corrected chi connectivity index (χ4v) is 4.16. The lowest BCUT2D eigenvalue weighted by molar-refractivity contribution is -0.127. The highest BCUT2D eigenvalue weighted by Gasteiger charge is 2.36. The normalized spacial score (nSPS) is 14.9. The Hall–Kier alpha value is -2.85. The van der Waals surface area contributed by atoms with Gasteiger partial charge in [0.15, 0.2) is 11.5 Å². The number of methoxy groups -OCH3 is 2. The van der Waals surface area contributed by atoms with Crippen LogP contribution >= 0.6 is 27.7 Å². The van der Waals surface area contributed by atoms with Gasteiger partial charge in [-0.3, -0.25) is 19.3 Å². The third kappa shape index (κ3) is 4.65. The first kappa shape index (κ1) is 21.8. The lowest BCUT2D eigenvalue weighted by atomic mass is 10.2. The maximum absolute atomic E-state index is 13.7. The number of para-hydroxylation sites is 1. The summed E-state index contributed by atoms with van der Waals surface area (Å²) in [4.78, 5) is 38.0. The Labute approximate surface area is 184 Å². The van der Waals surface area contributed by atoms with Crippen LogP contribution in [0.15, 0.2) is 45.8 Å². The van der Waals surface area contributed by atoms with Crippen LogP contribution in [0.4, 0.5) is 14.9 Å². The van der Waals surface area contributed by atoms with Gasteiger partial charge in [0.1, 0.15) is 12.4 Å². The number of nitrogens with one attached hydrogen (secondary N) is 1. The van der Waals surface area contributed by atoms with E-state index in [0.29, 0.717) is 33.3 Å².